The number of hydrogen-bond acceptors (Lipinski definition) is 0. The molecule has 5 heavy (non-hydrogen) atoms. The van der Waals surface area contributed by atoms with Gasteiger partial charge in [-0.25, -0.2) is 0 Å². The normalized spacial score (nSPS) is 1.60. The van der Waals surface area contributed by atoms with Crippen molar-refractivity contribution in [2.24, 2.45) is 0 Å². The second-order valence-electron chi connectivity index (χ2n) is 0. The molecule has 0 aromatic heterocycles. The molecule has 0 aromatic carbocycles. The van der Waals surface area contributed by atoms with Crippen molar-refractivity contribution in [3.05, 3.63) is 26.3 Å². The average molecular weight is 115 g/mol. The van der Waals surface area contributed by atoms with Crippen molar-refractivity contribution in [1.29, 1.82) is 0 Å². The van der Waals surface area contributed by atoms with Crippen LogP contribution in [0.3, 0.4) is 0 Å². The largest absolute Gasteiger partial charge is 2.00 e. The number of hydrogen-bond donors (Lipinski definition) is 0. The van der Waals surface area contributed by atoms with Crippen molar-refractivity contribution in [1.82, 2.24) is 0 Å². The molecule has 0 amide bonds. The van der Waals surface area contributed by atoms with Gasteiger partial charge in [0, 0.05) is 0 Å². The third-order valence-electron chi connectivity index (χ3n) is 0. The molecule has 0 aromatic rings. The van der Waals surface area contributed by atoms with Crippen LogP contribution in [0.5, 0.6) is 0 Å². The predicted molar refractivity (Wildman–Crippen MR) is 22.5 cm³/mol. The SMILES string of the molecule is C=C.C=C.[Ni+2]. The van der Waals surface area contributed by atoms with E-state index in [-0.39, 0.29) is 16.5 Å². The zero-order valence-electron chi connectivity index (χ0n) is 3.14. The van der Waals surface area contributed by atoms with Crippen LogP contribution in [0, 0.1) is 0 Å². The molecule has 0 fully saturated rings. The van der Waals surface area contributed by atoms with Gasteiger partial charge in [-0.1, -0.05) is 0 Å². The van der Waals surface area contributed by atoms with E-state index in [0.717, 1.165) is 0 Å². The monoisotopic (exact) mass is 114 g/mol. The van der Waals surface area contributed by atoms with E-state index in [9.17, 15) is 0 Å². The summed E-state index contributed by atoms with van der Waals surface area (Å²) in [5, 5.41) is 0. The van der Waals surface area contributed by atoms with Crippen LogP contribution in [-0.2, 0) is 16.5 Å². The Morgan fingerprint density at radius 2 is 0.600 bits per heavy atom. The maximum absolute atomic E-state index is 3.00. The van der Waals surface area contributed by atoms with Gasteiger partial charge in [0.25, 0.3) is 0 Å². The summed E-state index contributed by atoms with van der Waals surface area (Å²) in [5.74, 6) is 0. The molecule has 0 heterocycles. The van der Waals surface area contributed by atoms with Gasteiger partial charge < -0.3 is 0 Å². The van der Waals surface area contributed by atoms with Crippen molar-refractivity contribution in [2.75, 3.05) is 0 Å². The van der Waals surface area contributed by atoms with Crippen molar-refractivity contribution in [3.63, 3.8) is 0 Å². The Kier molecular flexibility index (Phi) is 202000. The molecule has 1 heteroatoms. The van der Waals surface area contributed by atoms with Crippen LogP contribution in [0.4, 0.5) is 0 Å². The molecule has 0 aliphatic heterocycles. The summed E-state index contributed by atoms with van der Waals surface area (Å²) in [7, 11) is 0. The summed E-state index contributed by atoms with van der Waals surface area (Å²) in [5.41, 5.74) is 0. The maximum atomic E-state index is 3.00. The molecule has 0 saturated heterocycles. The Labute approximate surface area is 43.5 Å². The van der Waals surface area contributed by atoms with Crippen molar-refractivity contribution >= 4 is 0 Å². The molecule has 0 unspecified atom stereocenters. The van der Waals surface area contributed by atoms with Gasteiger partial charge in [-0.2, -0.15) is 0 Å². The summed E-state index contributed by atoms with van der Waals surface area (Å²) in [6.45, 7) is 12.0. The molecular formula is C4H8Ni+2. The van der Waals surface area contributed by atoms with Crippen molar-refractivity contribution in [2.45, 2.75) is 0 Å². The second kappa shape index (κ2) is 50100. The van der Waals surface area contributed by atoms with Gasteiger partial charge in [-0.05, 0) is 0 Å². The van der Waals surface area contributed by atoms with E-state index < -0.39 is 0 Å². The number of rotatable bonds is 0. The molecule has 0 atom stereocenters. The third kappa shape index (κ3) is 22000. The minimum Gasteiger partial charge on any atom is -0.106 e. The van der Waals surface area contributed by atoms with E-state index >= 15 is 0 Å². The van der Waals surface area contributed by atoms with Gasteiger partial charge in [0.1, 0.15) is 0 Å². The topological polar surface area (TPSA) is 0 Å². The molecule has 32 valence electrons. The molecule has 0 radical (unpaired) electrons. The van der Waals surface area contributed by atoms with Gasteiger partial charge in [0.2, 0.25) is 0 Å². The van der Waals surface area contributed by atoms with Crippen LogP contribution < -0.4 is 0 Å². The first-order chi connectivity index (χ1) is 2.00. The summed E-state index contributed by atoms with van der Waals surface area (Å²) < 4.78 is 0. The zero-order chi connectivity index (χ0) is 4.00. The third-order valence-corrected chi connectivity index (χ3v) is 0. The van der Waals surface area contributed by atoms with E-state index in [1.807, 2.05) is 0 Å². The van der Waals surface area contributed by atoms with Gasteiger partial charge in [0.15, 0.2) is 0 Å². The summed E-state index contributed by atoms with van der Waals surface area (Å²) in [6, 6.07) is 0. The van der Waals surface area contributed by atoms with Crippen LogP contribution >= 0.6 is 0 Å². The van der Waals surface area contributed by atoms with E-state index in [1.165, 1.54) is 0 Å². The van der Waals surface area contributed by atoms with Crippen LogP contribution in [0.2, 0.25) is 0 Å². The van der Waals surface area contributed by atoms with E-state index in [0.29, 0.717) is 0 Å². The van der Waals surface area contributed by atoms with Gasteiger partial charge in [-0.15, -0.1) is 26.3 Å². The summed E-state index contributed by atoms with van der Waals surface area (Å²) >= 11 is 0. The van der Waals surface area contributed by atoms with E-state index in [4.69, 9.17) is 0 Å². The van der Waals surface area contributed by atoms with E-state index in [2.05, 4.69) is 26.3 Å². The fraction of sp³-hybridized carbons (Fsp3) is 0. The molecule has 0 nitrogen and oxygen atoms in total. The van der Waals surface area contributed by atoms with Gasteiger partial charge in [-0.3, -0.25) is 0 Å². The Morgan fingerprint density at radius 3 is 0.600 bits per heavy atom. The molecule has 0 saturated carbocycles. The Balaban J connectivity index is -0.0000000133. The Morgan fingerprint density at radius 1 is 0.600 bits per heavy atom. The first-order valence-electron chi connectivity index (χ1n) is 1.000. The van der Waals surface area contributed by atoms with Crippen LogP contribution in [0.15, 0.2) is 26.3 Å². The zero-order valence-corrected chi connectivity index (χ0v) is 4.13. The predicted octanol–water partition coefficient (Wildman–Crippen LogP) is 1.60. The van der Waals surface area contributed by atoms with Crippen molar-refractivity contribution in [3.8, 4) is 0 Å². The van der Waals surface area contributed by atoms with Gasteiger partial charge in [0.05, 0.1) is 0 Å². The first-order valence-corrected chi connectivity index (χ1v) is 1.000. The quantitative estimate of drug-likeness (QED) is 0.332. The maximum Gasteiger partial charge on any atom is 2.00 e. The minimum atomic E-state index is 0. The Hall–Kier alpha value is -0.0265. The summed E-state index contributed by atoms with van der Waals surface area (Å²) in [6.07, 6.45) is 0. The molecule has 0 aliphatic rings. The molecule has 0 bridgehead atoms. The molecular weight excluding hydrogens is 107 g/mol. The fourth-order valence-electron chi connectivity index (χ4n) is 0. The summed E-state index contributed by atoms with van der Waals surface area (Å²) in [4.78, 5) is 0. The molecule has 0 N–H and O–H groups in total. The van der Waals surface area contributed by atoms with Crippen LogP contribution in [0.1, 0.15) is 0 Å². The molecule has 0 rings (SSSR count). The first kappa shape index (κ1) is 20.2. The standard InChI is InChI=1S/2C2H4.Ni/c2*1-2;/h2*1-2H2;/q;;+2. The molecule has 0 aliphatic carbocycles. The van der Waals surface area contributed by atoms with E-state index in [1.54, 1.807) is 0 Å². The fourth-order valence-corrected chi connectivity index (χ4v) is 0. The van der Waals surface area contributed by atoms with Crippen LogP contribution in [-0.4, -0.2) is 0 Å². The second-order valence-corrected chi connectivity index (χ2v) is 0. The Bertz CT molecular complexity index is 5.61. The minimum absolute atomic E-state index is 0. The smallest absolute Gasteiger partial charge is 0.106 e. The molecule has 0 spiro atoms. The van der Waals surface area contributed by atoms with Crippen LogP contribution in [0.25, 0.3) is 0 Å². The average Bonchev–Trinajstić information content (AvgIpc) is 1.50. The van der Waals surface area contributed by atoms with Crippen molar-refractivity contribution < 1.29 is 16.5 Å². The van der Waals surface area contributed by atoms with Gasteiger partial charge >= 0.3 is 16.5 Å².